The Morgan fingerprint density at radius 2 is 1.89 bits per heavy atom. The SMILES string of the molecule is CCC(=O)N(Cc1ccc(OC)cc1)CC(C)C. The minimum Gasteiger partial charge on any atom is -0.497 e. The summed E-state index contributed by atoms with van der Waals surface area (Å²) in [6.07, 6.45) is 0.558. The highest BCUT2D eigenvalue weighted by Gasteiger charge is 2.13. The van der Waals surface area contributed by atoms with Crippen LogP contribution in [0.25, 0.3) is 0 Å². The number of ether oxygens (including phenoxy) is 1. The van der Waals surface area contributed by atoms with Crippen LogP contribution in [0.4, 0.5) is 0 Å². The summed E-state index contributed by atoms with van der Waals surface area (Å²) in [4.78, 5) is 13.8. The van der Waals surface area contributed by atoms with E-state index < -0.39 is 0 Å². The Hall–Kier alpha value is -1.51. The predicted octanol–water partition coefficient (Wildman–Crippen LogP) is 3.09. The first-order valence-electron chi connectivity index (χ1n) is 6.47. The van der Waals surface area contributed by atoms with Crippen molar-refractivity contribution in [3.63, 3.8) is 0 Å². The molecular weight excluding hydrogens is 226 g/mol. The Balaban J connectivity index is 2.72. The van der Waals surface area contributed by atoms with Crippen LogP contribution in [-0.2, 0) is 11.3 Å². The Labute approximate surface area is 110 Å². The lowest BCUT2D eigenvalue weighted by atomic mass is 10.1. The normalized spacial score (nSPS) is 10.5. The molecule has 0 aliphatic heterocycles. The molecule has 0 atom stereocenters. The molecule has 0 aromatic heterocycles. The first-order chi connectivity index (χ1) is 8.56. The van der Waals surface area contributed by atoms with Gasteiger partial charge < -0.3 is 9.64 Å². The molecule has 0 unspecified atom stereocenters. The zero-order valence-corrected chi connectivity index (χ0v) is 11.8. The first-order valence-corrected chi connectivity index (χ1v) is 6.47. The molecular formula is C15H23NO2. The van der Waals surface area contributed by atoms with Crippen molar-refractivity contribution in [2.24, 2.45) is 5.92 Å². The van der Waals surface area contributed by atoms with Gasteiger partial charge >= 0.3 is 0 Å². The molecule has 0 bridgehead atoms. The van der Waals surface area contributed by atoms with Gasteiger partial charge in [0.25, 0.3) is 0 Å². The zero-order chi connectivity index (χ0) is 13.5. The van der Waals surface area contributed by atoms with Crippen LogP contribution in [0.3, 0.4) is 0 Å². The Morgan fingerprint density at radius 3 is 2.33 bits per heavy atom. The van der Waals surface area contributed by atoms with Crippen LogP contribution < -0.4 is 4.74 Å². The minimum atomic E-state index is 0.208. The molecule has 0 spiro atoms. The number of hydrogen-bond acceptors (Lipinski definition) is 2. The van der Waals surface area contributed by atoms with Crippen LogP contribution in [0.5, 0.6) is 5.75 Å². The van der Waals surface area contributed by atoms with Crippen LogP contribution in [0.2, 0.25) is 0 Å². The Bertz CT molecular complexity index is 371. The number of carbonyl (C=O) groups excluding carboxylic acids is 1. The molecule has 0 saturated carbocycles. The van der Waals surface area contributed by atoms with Gasteiger partial charge in [-0.1, -0.05) is 32.9 Å². The molecule has 0 saturated heterocycles. The summed E-state index contributed by atoms with van der Waals surface area (Å²) < 4.78 is 5.13. The van der Waals surface area contributed by atoms with Crippen LogP contribution in [0.15, 0.2) is 24.3 Å². The number of rotatable bonds is 6. The van der Waals surface area contributed by atoms with Gasteiger partial charge in [-0.3, -0.25) is 4.79 Å². The molecule has 1 rings (SSSR count). The summed E-state index contributed by atoms with van der Waals surface area (Å²) in [6, 6.07) is 7.88. The van der Waals surface area contributed by atoms with Gasteiger partial charge in [-0.05, 0) is 23.6 Å². The van der Waals surface area contributed by atoms with Crippen molar-refractivity contribution in [3.05, 3.63) is 29.8 Å². The molecule has 3 heteroatoms. The van der Waals surface area contributed by atoms with Gasteiger partial charge in [0.2, 0.25) is 5.91 Å². The summed E-state index contributed by atoms with van der Waals surface area (Å²) in [6.45, 7) is 7.64. The van der Waals surface area contributed by atoms with Crippen LogP contribution in [-0.4, -0.2) is 24.5 Å². The fourth-order valence-corrected chi connectivity index (χ4v) is 1.87. The summed E-state index contributed by atoms with van der Waals surface area (Å²) in [5.41, 5.74) is 1.14. The standard InChI is InChI=1S/C15H23NO2/c1-5-15(17)16(10-12(2)3)11-13-6-8-14(18-4)9-7-13/h6-9,12H,5,10-11H2,1-4H3. The second-order valence-electron chi connectivity index (χ2n) is 4.87. The van der Waals surface area contributed by atoms with Gasteiger partial charge in [0.05, 0.1) is 7.11 Å². The van der Waals surface area contributed by atoms with E-state index in [0.717, 1.165) is 17.9 Å². The van der Waals surface area contributed by atoms with E-state index in [1.807, 2.05) is 36.1 Å². The molecule has 0 aliphatic rings. The number of methoxy groups -OCH3 is 1. The summed E-state index contributed by atoms with van der Waals surface area (Å²) in [5, 5.41) is 0. The molecule has 0 heterocycles. The monoisotopic (exact) mass is 249 g/mol. The Morgan fingerprint density at radius 1 is 1.28 bits per heavy atom. The van der Waals surface area contributed by atoms with Crippen molar-refractivity contribution in [2.45, 2.75) is 33.7 Å². The number of amides is 1. The van der Waals surface area contributed by atoms with E-state index in [0.29, 0.717) is 18.9 Å². The van der Waals surface area contributed by atoms with E-state index in [4.69, 9.17) is 4.74 Å². The molecule has 1 aromatic carbocycles. The fraction of sp³-hybridized carbons (Fsp3) is 0.533. The van der Waals surface area contributed by atoms with Crippen molar-refractivity contribution in [1.82, 2.24) is 4.90 Å². The lowest BCUT2D eigenvalue weighted by Crippen LogP contribution is -2.33. The predicted molar refractivity (Wildman–Crippen MR) is 73.5 cm³/mol. The first kappa shape index (κ1) is 14.6. The second kappa shape index (κ2) is 7.04. The second-order valence-corrected chi connectivity index (χ2v) is 4.87. The summed E-state index contributed by atoms with van der Waals surface area (Å²) >= 11 is 0. The smallest absolute Gasteiger partial charge is 0.222 e. The van der Waals surface area contributed by atoms with Gasteiger partial charge in [-0.25, -0.2) is 0 Å². The largest absolute Gasteiger partial charge is 0.497 e. The maximum absolute atomic E-state index is 11.9. The summed E-state index contributed by atoms with van der Waals surface area (Å²) in [5.74, 6) is 1.54. The summed E-state index contributed by atoms with van der Waals surface area (Å²) in [7, 11) is 1.65. The molecule has 0 aliphatic carbocycles. The average Bonchev–Trinajstić information content (AvgIpc) is 2.37. The number of nitrogens with zero attached hydrogens (tertiary/aromatic N) is 1. The van der Waals surface area contributed by atoms with Crippen LogP contribution >= 0.6 is 0 Å². The molecule has 100 valence electrons. The zero-order valence-electron chi connectivity index (χ0n) is 11.8. The minimum absolute atomic E-state index is 0.208. The average molecular weight is 249 g/mol. The lowest BCUT2D eigenvalue weighted by molar-refractivity contribution is -0.132. The number of hydrogen-bond donors (Lipinski definition) is 0. The molecule has 1 amide bonds. The molecule has 1 aromatic rings. The van der Waals surface area contributed by atoms with Gasteiger partial charge in [-0.15, -0.1) is 0 Å². The molecule has 18 heavy (non-hydrogen) atoms. The van der Waals surface area contributed by atoms with E-state index in [9.17, 15) is 4.79 Å². The van der Waals surface area contributed by atoms with Crippen molar-refractivity contribution in [2.75, 3.05) is 13.7 Å². The van der Waals surface area contributed by atoms with Gasteiger partial charge in [0.15, 0.2) is 0 Å². The molecule has 3 nitrogen and oxygen atoms in total. The van der Waals surface area contributed by atoms with E-state index in [2.05, 4.69) is 13.8 Å². The van der Waals surface area contributed by atoms with E-state index >= 15 is 0 Å². The van der Waals surface area contributed by atoms with Crippen LogP contribution in [0, 0.1) is 5.92 Å². The number of benzene rings is 1. The van der Waals surface area contributed by atoms with Gasteiger partial charge in [-0.2, -0.15) is 0 Å². The van der Waals surface area contributed by atoms with Crippen molar-refractivity contribution in [3.8, 4) is 5.75 Å². The highest BCUT2D eigenvalue weighted by molar-refractivity contribution is 5.75. The third-order valence-corrected chi connectivity index (χ3v) is 2.77. The Kier molecular flexibility index (Phi) is 5.69. The highest BCUT2D eigenvalue weighted by Crippen LogP contribution is 2.14. The molecule has 0 fully saturated rings. The maximum atomic E-state index is 11.9. The highest BCUT2D eigenvalue weighted by atomic mass is 16.5. The van der Waals surface area contributed by atoms with Crippen molar-refractivity contribution < 1.29 is 9.53 Å². The van der Waals surface area contributed by atoms with Crippen LogP contribution in [0.1, 0.15) is 32.8 Å². The maximum Gasteiger partial charge on any atom is 0.222 e. The van der Waals surface area contributed by atoms with Gasteiger partial charge in [0.1, 0.15) is 5.75 Å². The van der Waals surface area contributed by atoms with E-state index in [1.54, 1.807) is 7.11 Å². The van der Waals surface area contributed by atoms with E-state index in [1.165, 1.54) is 0 Å². The van der Waals surface area contributed by atoms with Crippen molar-refractivity contribution >= 4 is 5.91 Å². The van der Waals surface area contributed by atoms with E-state index in [-0.39, 0.29) is 5.91 Å². The number of carbonyl (C=O) groups is 1. The molecule has 0 N–H and O–H groups in total. The molecule has 0 radical (unpaired) electrons. The van der Waals surface area contributed by atoms with Crippen molar-refractivity contribution in [1.29, 1.82) is 0 Å². The quantitative estimate of drug-likeness (QED) is 0.775. The third-order valence-electron chi connectivity index (χ3n) is 2.77. The topological polar surface area (TPSA) is 29.5 Å². The third kappa shape index (κ3) is 4.40. The lowest BCUT2D eigenvalue weighted by Gasteiger charge is -2.24. The van der Waals surface area contributed by atoms with Gasteiger partial charge in [0, 0.05) is 19.5 Å². The fourth-order valence-electron chi connectivity index (χ4n) is 1.87.